The SMILES string of the molecule is CCC(C)(CNC)C1CCS(=O)(=O)C1. The molecule has 1 aliphatic rings. The summed E-state index contributed by atoms with van der Waals surface area (Å²) in [5.74, 6) is 1.11. The van der Waals surface area contributed by atoms with E-state index in [-0.39, 0.29) is 5.41 Å². The molecule has 0 aliphatic carbocycles. The summed E-state index contributed by atoms with van der Waals surface area (Å²) < 4.78 is 22.8. The van der Waals surface area contributed by atoms with Crippen LogP contribution in [-0.2, 0) is 9.84 Å². The van der Waals surface area contributed by atoms with Crippen molar-refractivity contribution < 1.29 is 8.42 Å². The lowest BCUT2D eigenvalue weighted by atomic mass is 9.74. The summed E-state index contributed by atoms with van der Waals surface area (Å²) in [4.78, 5) is 0. The first-order valence-electron chi connectivity index (χ1n) is 5.28. The Hall–Kier alpha value is -0.0900. The van der Waals surface area contributed by atoms with Gasteiger partial charge >= 0.3 is 0 Å². The molecule has 1 heterocycles. The summed E-state index contributed by atoms with van der Waals surface area (Å²) in [6.45, 7) is 5.24. The van der Waals surface area contributed by atoms with Crippen LogP contribution in [0.1, 0.15) is 26.7 Å². The fourth-order valence-electron chi connectivity index (χ4n) is 2.31. The van der Waals surface area contributed by atoms with Crippen LogP contribution in [0, 0.1) is 11.3 Å². The third-order valence-corrected chi connectivity index (χ3v) is 5.37. The van der Waals surface area contributed by atoms with Gasteiger partial charge in [0.25, 0.3) is 0 Å². The van der Waals surface area contributed by atoms with Crippen LogP contribution in [0.5, 0.6) is 0 Å². The zero-order valence-electron chi connectivity index (χ0n) is 9.34. The minimum Gasteiger partial charge on any atom is -0.319 e. The van der Waals surface area contributed by atoms with Gasteiger partial charge in [-0.2, -0.15) is 0 Å². The standard InChI is InChI=1S/C10H21NO2S/c1-4-10(2,8-11-3)9-5-6-14(12,13)7-9/h9,11H,4-8H2,1-3H3. The lowest BCUT2D eigenvalue weighted by molar-refractivity contribution is 0.194. The number of hydrogen-bond donors (Lipinski definition) is 1. The fourth-order valence-corrected chi connectivity index (χ4v) is 4.30. The van der Waals surface area contributed by atoms with Crippen molar-refractivity contribution in [1.29, 1.82) is 0 Å². The quantitative estimate of drug-likeness (QED) is 0.769. The molecule has 1 rings (SSSR count). The summed E-state index contributed by atoms with van der Waals surface area (Å²) in [6, 6.07) is 0. The second-order valence-electron chi connectivity index (χ2n) is 4.64. The molecule has 0 aromatic heterocycles. The molecule has 1 saturated heterocycles. The summed E-state index contributed by atoms with van der Waals surface area (Å²) >= 11 is 0. The Balaban J connectivity index is 2.72. The van der Waals surface area contributed by atoms with Crippen molar-refractivity contribution in [3.63, 3.8) is 0 Å². The van der Waals surface area contributed by atoms with Gasteiger partial charge in [-0.25, -0.2) is 8.42 Å². The number of rotatable bonds is 4. The molecule has 0 saturated carbocycles. The van der Waals surface area contributed by atoms with E-state index < -0.39 is 9.84 Å². The van der Waals surface area contributed by atoms with E-state index in [1.54, 1.807) is 0 Å². The molecule has 3 nitrogen and oxygen atoms in total. The molecule has 84 valence electrons. The van der Waals surface area contributed by atoms with E-state index in [1.807, 2.05) is 7.05 Å². The first-order chi connectivity index (χ1) is 6.43. The Morgan fingerprint density at radius 3 is 2.50 bits per heavy atom. The van der Waals surface area contributed by atoms with E-state index >= 15 is 0 Å². The molecule has 0 aromatic rings. The minimum atomic E-state index is -2.73. The first kappa shape index (κ1) is 12.0. The monoisotopic (exact) mass is 219 g/mol. The molecule has 2 atom stereocenters. The molecule has 4 heteroatoms. The third-order valence-electron chi connectivity index (χ3n) is 3.61. The van der Waals surface area contributed by atoms with Crippen molar-refractivity contribution in [2.24, 2.45) is 11.3 Å². The minimum absolute atomic E-state index is 0.137. The molecule has 0 spiro atoms. The van der Waals surface area contributed by atoms with Gasteiger partial charge in [0.05, 0.1) is 11.5 Å². The number of hydrogen-bond acceptors (Lipinski definition) is 3. The van der Waals surface area contributed by atoms with E-state index in [0.717, 1.165) is 19.4 Å². The van der Waals surface area contributed by atoms with Gasteiger partial charge in [0.2, 0.25) is 0 Å². The average Bonchev–Trinajstić information content (AvgIpc) is 2.47. The summed E-state index contributed by atoms with van der Waals surface area (Å²) in [5, 5.41) is 3.17. The molecular formula is C10H21NO2S. The van der Waals surface area contributed by atoms with Crippen LogP contribution in [-0.4, -0.2) is 33.5 Å². The highest BCUT2D eigenvalue weighted by atomic mass is 32.2. The predicted octanol–water partition coefficient (Wildman–Crippen LogP) is 1.06. The van der Waals surface area contributed by atoms with Crippen molar-refractivity contribution in [3.8, 4) is 0 Å². The Morgan fingerprint density at radius 2 is 2.14 bits per heavy atom. The van der Waals surface area contributed by atoms with Gasteiger partial charge < -0.3 is 5.32 Å². The maximum absolute atomic E-state index is 11.4. The van der Waals surface area contributed by atoms with Crippen LogP contribution in [0.2, 0.25) is 0 Å². The van der Waals surface area contributed by atoms with E-state index in [9.17, 15) is 8.42 Å². The Kier molecular flexibility index (Phi) is 3.58. The lowest BCUT2D eigenvalue weighted by Crippen LogP contribution is -2.37. The van der Waals surface area contributed by atoms with Crippen molar-refractivity contribution in [2.75, 3.05) is 25.1 Å². The Morgan fingerprint density at radius 1 is 1.50 bits per heavy atom. The molecule has 1 aliphatic heterocycles. The van der Waals surface area contributed by atoms with Gasteiger partial charge in [0, 0.05) is 6.54 Å². The van der Waals surface area contributed by atoms with Gasteiger partial charge in [-0.05, 0) is 31.2 Å². The highest BCUT2D eigenvalue weighted by Gasteiger charge is 2.39. The summed E-state index contributed by atoms with van der Waals surface area (Å²) in [6.07, 6.45) is 1.88. The van der Waals surface area contributed by atoms with Gasteiger partial charge in [0.15, 0.2) is 9.84 Å². The highest BCUT2D eigenvalue weighted by molar-refractivity contribution is 7.91. The molecule has 1 N–H and O–H groups in total. The van der Waals surface area contributed by atoms with E-state index in [2.05, 4.69) is 19.2 Å². The van der Waals surface area contributed by atoms with Crippen LogP contribution < -0.4 is 5.32 Å². The second kappa shape index (κ2) is 4.19. The molecule has 0 aromatic carbocycles. The molecule has 0 bridgehead atoms. The van der Waals surface area contributed by atoms with Crippen LogP contribution >= 0.6 is 0 Å². The van der Waals surface area contributed by atoms with Gasteiger partial charge in [-0.1, -0.05) is 13.8 Å². The van der Waals surface area contributed by atoms with Gasteiger partial charge in [-0.15, -0.1) is 0 Å². The molecule has 0 radical (unpaired) electrons. The third kappa shape index (κ3) is 2.48. The van der Waals surface area contributed by atoms with Gasteiger partial charge in [-0.3, -0.25) is 0 Å². The first-order valence-corrected chi connectivity index (χ1v) is 7.10. The number of nitrogens with one attached hydrogen (secondary N) is 1. The van der Waals surface area contributed by atoms with Crippen molar-refractivity contribution in [2.45, 2.75) is 26.7 Å². The van der Waals surface area contributed by atoms with Gasteiger partial charge in [0.1, 0.15) is 0 Å². The van der Waals surface area contributed by atoms with E-state index in [4.69, 9.17) is 0 Å². The van der Waals surface area contributed by atoms with Crippen LogP contribution in [0.15, 0.2) is 0 Å². The smallest absolute Gasteiger partial charge is 0.150 e. The largest absolute Gasteiger partial charge is 0.319 e. The Labute approximate surface area is 87.2 Å². The fraction of sp³-hybridized carbons (Fsp3) is 1.00. The van der Waals surface area contributed by atoms with E-state index in [0.29, 0.717) is 17.4 Å². The van der Waals surface area contributed by atoms with Crippen LogP contribution in [0.25, 0.3) is 0 Å². The Bertz CT molecular complexity index is 286. The van der Waals surface area contributed by atoms with E-state index in [1.165, 1.54) is 0 Å². The maximum Gasteiger partial charge on any atom is 0.150 e. The lowest BCUT2D eigenvalue weighted by Gasteiger charge is -2.33. The van der Waals surface area contributed by atoms with Crippen molar-refractivity contribution >= 4 is 9.84 Å². The second-order valence-corrected chi connectivity index (χ2v) is 6.87. The van der Waals surface area contributed by atoms with Crippen molar-refractivity contribution in [3.05, 3.63) is 0 Å². The number of sulfone groups is 1. The highest BCUT2D eigenvalue weighted by Crippen LogP contribution is 2.37. The predicted molar refractivity (Wildman–Crippen MR) is 59.1 cm³/mol. The summed E-state index contributed by atoms with van der Waals surface area (Å²) in [5.41, 5.74) is 0.137. The topological polar surface area (TPSA) is 46.2 Å². The maximum atomic E-state index is 11.4. The zero-order valence-corrected chi connectivity index (χ0v) is 10.2. The van der Waals surface area contributed by atoms with Crippen LogP contribution in [0.4, 0.5) is 0 Å². The summed E-state index contributed by atoms with van der Waals surface area (Å²) in [7, 11) is -0.807. The van der Waals surface area contributed by atoms with Crippen LogP contribution in [0.3, 0.4) is 0 Å². The molecule has 0 amide bonds. The molecule has 1 fully saturated rings. The average molecular weight is 219 g/mol. The molecule has 14 heavy (non-hydrogen) atoms. The molecular weight excluding hydrogens is 198 g/mol. The van der Waals surface area contributed by atoms with Crippen molar-refractivity contribution in [1.82, 2.24) is 5.32 Å². The zero-order chi connectivity index (χ0) is 10.8. The molecule has 2 unspecified atom stereocenters. The normalized spacial score (nSPS) is 30.1.